The van der Waals surface area contributed by atoms with Gasteiger partial charge in [0.05, 0.1) is 6.54 Å². The third kappa shape index (κ3) is 3.52. The Balaban J connectivity index is 1.96. The molecule has 2 rings (SSSR count). The second kappa shape index (κ2) is 6.31. The number of nitrogens with zero attached hydrogens (tertiary/aromatic N) is 4. The normalized spacial score (nSPS) is 20.0. The van der Waals surface area contributed by atoms with Gasteiger partial charge in [0, 0.05) is 13.0 Å². The van der Waals surface area contributed by atoms with Crippen molar-refractivity contribution in [3.8, 4) is 0 Å². The van der Waals surface area contributed by atoms with Crippen molar-refractivity contribution in [1.29, 1.82) is 0 Å². The first-order valence-corrected chi connectivity index (χ1v) is 6.53. The van der Waals surface area contributed by atoms with Crippen molar-refractivity contribution in [2.24, 2.45) is 0 Å². The minimum Gasteiger partial charge on any atom is -0.480 e. The number of hydrogen-bond acceptors (Lipinski definition) is 4. The van der Waals surface area contributed by atoms with E-state index in [1.54, 1.807) is 11.0 Å². The topological polar surface area (TPSA) is 88.3 Å². The van der Waals surface area contributed by atoms with Gasteiger partial charge >= 0.3 is 5.97 Å². The standard InChI is InChI=1S/C12H18N4O3/c17-11(5-7-15-9-13-8-14-15)16-6-3-1-2-4-10(16)12(18)19/h8-10H,1-7H2,(H,18,19). The van der Waals surface area contributed by atoms with Crippen LogP contribution < -0.4 is 0 Å². The summed E-state index contributed by atoms with van der Waals surface area (Å²) in [6.07, 6.45) is 6.48. The highest BCUT2D eigenvalue weighted by Crippen LogP contribution is 2.18. The van der Waals surface area contributed by atoms with Gasteiger partial charge in [0.2, 0.25) is 5.91 Å². The summed E-state index contributed by atoms with van der Waals surface area (Å²) in [4.78, 5) is 28.7. The molecule has 0 spiro atoms. The highest BCUT2D eigenvalue weighted by Gasteiger charge is 2.30. The van der Waals surface area contributed by atoms with Gasteiger partial charge in [-0.15, -0.1) is 0 Å². The number of aromatic nitrogens is 3. The van der Waals surface area contributed by atoms with Crippen LogP contribution in [0.5, 0.6) is 0 Å². The lowest BCUT2D eigenvalue weighted by Crippen LogP contribution is -2.44. The van der Waals surface area contributed by atoms with Gasteiger partial charge in [-0.25, -0.2) is 9.78 Å². The maximum Gasteiger partial charge on any atom is 0.326 e. The van der Waals surface area contributed by atoms with Gasteiger partial charge in [0.15, 0.2) is 0 Å². The molecule has 104 valence electrons. The fourth-order valence-electron chi connectivity index (χ4n) is 2.37. The molecule has 1 N–H and O–H groups in total. The maximum absolute atomic E-state index is 12.2. The SMILES string of the molecule is O=C(O)C1CCCCCN1C(=O)CCn1cncn1. The van der Waals surface area contributed by atoms with E-state index in [4.69, 9.17) is 0 Å². The Morgan fingerprint density at radius 3 is 2.84 bits per heavy atom. The van der Waals surface area contributed by atoms with Gasteiger partial charge in [-0.05, 0) is 12.8 Å². The number of likely N-dealkylation sites (tertiary alicyclic amines) is 1. The van der Waals surface area contributed by atoms with E-state index in [0.717, 1.165) is 19.3 Å². The van der Waals surface area contributed by atoms with Crippen molar-refractivity contribution in [2.75, 3.05) is 6.54 Å². The predicted octanol–water partition coefficient (Wildman–Crippen LogP) is 0.524. The van der Waals surface area contributed by atoms with Crippen LogP contribution in [-0.4, -0.2) is 49.2 Å². The Bertz CT molecular complexity index is 432. The molecule has 1 amide bonds. The van der Waals surface area contributed by atoms with Crippen LogP contribution in [0.25, 0.3) is 0 Å². The average Bonchev–Trinajstić information content (AvgIpc) is 2.77. The predicted molar refractivity (Wildman–Crippen MR) is 66.2 cm³/mol. The van der Waals surface area contributed by atoms with Crippen LogP contribution in [0.1, 0.15) is 32.1 Å². The fourth-order valence-corrected chi connectivity index (χ4v) is 2.37. The fraction of sp³-hybridized carbons (Fsp3) is 0.667. The summed E-state index contributed by atoms with van der Waals surface area (Å²) in [7, 11) is 0. The van der Waals surface area contributed by atoms with Crippen molar-refractivity contribution >= 4 is 11.9 Å². The molecule has 1 unspecified atom stereocenters. The molecule has 0 aromatic carbocycles. The molecule has 1 aliphatic heterocycles. The molecule has 1 aromatic heterocycles. The monoisotopic (exact) mass is 266 g/mol. The molecular formula is C12H18N4O3. The third-order valence-electron chi connectivity index (χ3n) is 3.38. The Hall–Kier alpha value is -1.92. The third-order valence-corrected chi connectivity index (χ3v) is 3.38. The van der Waals surface area contributed by atoms with Crippen molar-refractivity contribution in [3.63, 3.8) is 0 Å². The summed E-state index contributed by atoms with van der Waals surface area (Å²) in [5.74, 6) is -1.03. The Morgan fingerprint density at radius 1 is 1.32 bits per heavy atom. The summed E-state index contributed by atoms with van der Waals surface area (Å²) < 4.78 is 1.57. The number of carbonyl (C=O) groups excluding carboxylic acids is 1. The second-order valence-electron chi connectivity index (χ2n) is 4.70. The van der Waals surface area contributed by atoms with Crippen molar-refractivity contribution in [3.05, 3.63) is 12.7 Å². The van der Waals surface area contributed by atoms with Crippen molar-refractivity contribution in [2.45, 2.75) is 44.7 Å². The number of carboxylic acid groups (broad SMARTS) is 1. The summed E-state index contributed by atoms with van der Waals surface area (Å²) in [5, 5.41) is 13.1. The van der Waals surface area contributed by atoms with Crippen LogP contribution in [0.3, 0.4) is 0 Å². The zero-order valence-corrected chi connectivity index (χ0v) is 10.7. The molecule has 7 nitrogen and oxygen atoms in total. The van der Waals surface area contributed by atoms with Crippen LogP contribution in [-0.2, 0) is 16.1 Å². The summed E-state index contributed by atoms with van der Waals surface area (Å²) >= 11 is 0. The first-order chi connectivity index (χ1) is 9.18. The van der Waals surface area contributed by atoms with Gasteiger partial charge < -0.3 is 10.0 Å². The van der Waals surface area contributed by atoms with E-state index in [1.807, 2.05) is 0 Å². The molecule has 0 aliphatic carbocycles. The van der Waals surface area contributed by atoms with E-state index in [0.29, 0.717) is 19.5 Å². The summed E-state index contributed by atoms with van der Waals surface area (Å²) in [5.41, 5.74) is 0. The maximum atomic E-state index is 12.2. The molecule has 0 radical (unpaired) electrons. The number of hydrogen-bond donors (Lipinski definition) is 1. The number of aliphatic carboxylic acids is 1. The molecule has 1 aliphatic rings. The first-order valence-electron chi connectivity index (χ1n) is 6.53. The van der Waals surface area contributed by atoms with Gasteiger partial charge in [0.25, 0.3) is 0 Å². The molecular weight excluding hydrogens is 248 g/mol. The van der Waals surface area contributed by atoms with Crippen LogP contribution in [0, 0.1) is 0 Å². The zero-order chi connectivity index (χ0) is 13.7. The quantitative estimate of drug-likeness (QED) is 0.858. The van der Waals surface area contributed by atoms with Crippen LogP contribution in [0.2, 0.25) is 0 Å². The summed E-state index contributed by atoms with van der Waals surface area (Å²) in [6, 6.07) is -0.675. The lowest BCUT2D eigenvalue weighted by atomic mass is 10.1. The molecule has 1 fully saturated rings. The number of carboxylic acids is 1. The minimum absolute atomic E-state index is 0.121. The van der Waals surface area contributed by atoms with Gasteiger partial charge in [-0.2, -0.15) is 5.10 Å². The van der Waals surface area contributed by atoms with Crippen molar-refractivity contribution in [1.82, 2.24) is 19.7 Å². The Morgan fingerprint density at radius 2 is 2.16 bits per heavy atom. The molecule has 1 atom stereocenters. The Kier molecular flexibility index (Phi) is 4.48. The van der Waals surface area contributed by atoms with Crippen molar-refractivity contribution < 1.29 is 14.7 Å². The smallest absolute Gasteiger partial charge is 0.326 e. The average molecular weight is 266 g/mol. The molecule has 2 heterocycles. The Labute approximate surface area is 111 Å². The van der Waals surface area contributed by atoms with Gasteiger partial charge in [-0.1, -0.05) is 12.8 Å². The van der Waals surface area contributed by atoms with E-state index in [-0.39, 0.29) is 12.3 Å². The molecule has 0 saturated carbocycles. The lowest BCUT2D eigenvalue weighted by Gasteiger charge is -2.26. The number of amides is 1. The highest BCUT2D eigenvalue weighted by molar-refractivity contribution is 5.83. The van der Waals surface area contributed by atoms with Gasteiger partial charge in [-0.3, -0.25) is 9.48 Å². The minimum atomic E-state index is -0.906. The van der Waals surface area contributed by atoms with E-state index in [2.05, 4.69) is 10.1 Å². The molecule has 1 aromatic rings. The number of carbonyl (C=O) groups is 2. The largest absolute Gasteiger partial charge is 0.480 e. The second-order valence-corrected chi connectivity index (χ2v) is 4.70. The van der Waals surface area contributed by atoms with E-state index < -0.39 is 12.0 Å². The zero-order valence-electron chi connectivity index (χ0n) is 10.7. The summed E-state index contributed by atoms with van der Waals surface area (Å²) in [6.45, 7) is 0.967. The highest BCUT2D eigenvalue weighted by atomic mass is 16.4. The lowest BCUT2D eigenvalue weighted by molar-refractivity contribution is -0.150. The molecule has 0 bridgehead atoms. The molecule has 19 heavy (non-hydrogen) atoms. The number of rotatable bonds is 4. The van der Waals surface area contributed by atoms with Crippen LogP contribution in [0.4, 0.5) is 0 Å². The van der Waals surface area contributed by atoms with E-state index in [9.17, 15) is 14.7 Å². The number of aryl methyl sites for hydroxylation is 1. The first kappa shape index (κ1) is 13.5. The molecule has 1 saturated heterocycles. The van der Waals surface area contributed by atoms with Gasteiger partial charge in [0.1, 0.15) is 18.7 Å². The van der Waals surface area contributed by atoms with E-state index in [1.165, 1.54) is 11.2 Å². The van der Waals surface area contributed by atoms with Crippen LogP contribution >= 0.6 is 0 Å². The molecule has 7 heteroatoms. The van der Waals surface area contributed by atoms with Crippen LogP contribution in [0.15, 0.2) is 12.7 Å². The van der Waals surface area contributed by atoms with E-state index >= 15 is 0 Å².